The van der Waals surface area contributed by atoms with Crippen LogP contribution in [0.2, 0.25) is 5.02 Å². The predicted octanol–water partition coefficient (Wildman–Crippen LogP) is 3.16. The molecule has 5 heteroatoms. The van der Waals surface area contributed by atoms with Crippen molar-refractivity contribution >= 4 is 33.5 Å². The average Bonchev–Trinajstić information content (AvgIpc) is 3.05. The molecule has 1 atom stereocenters. The molecule has 1 saturated carbocycles. The molecule has 16 heavy (non-hydrogen) atoms. The lowest BCUT2D eigenvalue weighted by atomic mass is 9.99. The molecule has 1 fully saturated rings. The molecule has 0 spiro atoms. The fourth-order valence-electron chi connectivity index (χ4n) is 1.74. The standard InChI is InChI=1S/C11H11BrClNO2/c1-16-11(15)9(6-2-3-6)10-8(13)4-7(12)5-14-10/h4-6,9H,2-3H2,1H3. The van der Waals surface area contributed by atoms with Crippen molar-refractivity contribution in [2.75, 3.05) is 7.11 Å². The van der Waals surface area contributed by atoms with E-state index in [1.807, 2.05) is 0 Å². The number of methoxy groups -OCH3 is 1. The third-order valence-electron chi connectivity index (χ3n) is 2.68. The number of ether oxygens (including phenoxy) is 1. The molecule has 1 aliphatic carbocycles. The van der Waals surface area contributed by atoms with E-state index in [0.29, 0.717) is 16.6 Å². The van der Waals surface area contributed by atoms with Crippen LogP contribution in [0.4, 0.5) is 0 Å². The number of nitrogens with zero attached hydrogens (tertiary/aromatic N) is 1. The second-order valence-electron chi connectivity index (χ2n) is 3.86. The summed E-state index contributed by atoms with van der Waals surface area (Å²) >= 11 is 9.39. The summed E-state index contributed by atoms with van der Waals surface area (Å²) in [6, 6.07) is 1.75. The van der Waals surface area contributed by atoms with E-state index in [9.17, 15) is 4.79 Å². The SMILES string of the molecule is COC(=O)C(c1ncc(Br)cc1Cl)C1CC1. The van der Waals surface area contributed by atoms with Crippen LogP contribution in [0.25, 0.3) is 0 Å². The summed E-state index contributed by atoms with van der Waals surface area (Å²) in [6.07, 6.45) is 3.72. The fraction of sp³-hybridized carbons (Fsp3) is 0.455. The number of carbonyl (C=O) groups is 1. The van der Waals surface area contributed by atoms with Gasteiger partial charge in [-0.2, -0.15) is 0 Å². The van der Waals surface area contributed by atoms with Crippen LogP contribution < -0.4 is 0 Å². The minimum Gasteiger partial charge on any atom is -0.468 e. The van der Waals surface area contributed by atoms with Crippen LogP contribution >= 0.6 is 27.5 Å². The molecule has 1 heterocycles. The highest BCUT2D eigenvalue weighted by Gasteiger charge is 2.40. The Bertz CT molecular complexity index is 420. The van der Waals surface area contributed by atoms with Gasteiger partial charge in [-0.1, -0.05) is 11.6 Å². The van der Waals surface area contributed by atoms with Crippen LogP contribution in [0.3, 0.4) is 0 Å². The number of pyridine rings is 1. The van der Waals surface area contributed by atoms with Gasteiger partial charge in [-0.15, -0.1) is 0 Å². The highest BCUT2D eigenvalue weighted by Crippen LogP contribution is 2.44. The molecule has 1 aromatic heterocycles. The fourth-order valence-corrected chi connectivity index (χ4v) is 2.48. The van der Waals surface area contributed by atoms with Crippen LogP contribution in [0.15, 0.2) is 16.7 Å². The van der Waals surface area contributed by atoms with Gasteiger partial charge in [-0.3, -0.25) is 9.78 Å². The molecule has 1 unspecified atom stereocenters. The van der Waals surface area contributed by atoms with Crippen LogP contribution in [-0.2, 0) is 9.53 Å². The van der Waals surface area contributed by atoms with Crippen LogP contribution in [0.5, 0.6) is 0 Å². The molecule has 2 rings (SSSR count). The summed E-state index contributed by atoms with van der Waals surface area (Å²) in [7, 11) is 1.39. The molecule has 3 nitrogen and oxygen atoms in total. The zero-order valence-corrected chi connectivity index (χ0v) is 11.1. The van der Waals surface area contributed by atoms with E-state index >= 15 is 0 Å². The molecule has 0 aromatic carbocycles. The minimum atomic E-state index is -0.314. The van der Waals surface area contributed by atoms with Crippen LogP contribution in [-0.4, -0.2) is 18.1 Å². The van der Waals surface area contributed by atoms with Gasteiger partial charge in [0.1, 0.15) is 5.92 Å². The molecule has 1 aliphatic rings. The number of esters is 1. The topological polar surface area (TPSA) is 39.2 Å². The Labute approximate surface area is 107 Å². The van der Waals surface area contributed by atoms with Crippen molar-refractivity contribution in [2.45, 2.75) is 18.8 Å². The third kappa shape index (κ3) is 2.38. The number of halogens is 2. The maximum absolute atomic E-state index is 11.7. The van der Waals surface area contributed by atoms with Crippen molar-refractivity contribution in [3.8, 4) is 0 Å². The zero-order chi connectivity index (χ0) is 11.7. The van der Waals surface area contributed by atoms with Crippen molar-refractivity contribution < 1.29 is 9.53 Å². The van der Waals surface area contributed by atoms with Crippen molar-refractivity contribution in [2.24, 2.45) is 5.92 Å². The first kappa shape index (κ1) is 11.9. The molecular weight excluding hydrogens is 293 g/mol. The molecule has 0 aliphatic heterocycles. The quantitative estimate of drug-likeness (QED) is 0.805. The second-order valence-corrected chi connectivity index (χ2v) is 5.18. The zero-order valence-electron chi connectivity index (χ0n) is 8.74. The Morgan fingerprint density at radius 2 is 2.38 bits per heavy atom. The highest BCUT2D eigenvalue weighted by atomic mass is 79.9. The van der Waals surface area contributed by atoms with E-state index in [1.165, 1.54) is 7.11 Å². The van der Waals surface area contributed by atoms with Crippen LogP contribution in [0, 0.1) is 5.92 Å². The Morgan fingerprint density at radius 1 is 1.69 bits per heavy atom. The lowest BCUT2D eigenvalue weighted by Crippen LogP contribution is -2.18. The average molecular weight is 305 g/mol. The largest absolute Gasteiger partial charge is 0.468 e. The lowest BCUT2D eigenvalue weighted by Gasteiger charge is -2.14. The number of hydrogen-bond donors (Lipinski definition) is 0. The van der Waals surface area contributed by atoms with Gasteiger partial charge in [0, 0.05) is 10.7 Å². The molecule has 0 bridgehead atoms. The summed E-state index contributed by atoms with van der Waals surface area (Å²) in [5, 5.41) is 0.511. The monoisotopic (exact) mass is 303 g/mol. The maximum atomic E-state index is 11.7. The summed E-state index contributed by atoms with van der Waals surface area (Å²) < 4.78 is 5.61. The molecule has 86 valence electrons. The summed E-state index contributed by atoms with van der Waals surface area (Å²) in [4.78, 5) is 15.9. The maximum Gasteiger partial charge on any atom is 0.315 e. The smallest absolute Gasteiger partial charge is 0.315 e. The van der Waals surface area contributed by atoms with E-state index in [4.69, 9.17) is 16.3 Å². The number of hydrogen-bond acceptors (Lipinski definition) is 3. The molecule has 0 amide bonds. The minimum absolute atomic E-state index is 0.251. The van der Waals surface area contributed by atoms with Gasteiger partial charge >= 0.3 is 5.97 Å². The van der Waals surface area contributed by atoms with Crippen molar-refractivity contribution in [3.05, 3.63) is 27.5 Å². The van der Waals surface area contributed by atoms with Gasteiger partial charge < -0.3 is 4.74 Å². The number of rotatable bonds is 3. The van der Waals surface area contributed by atoms with E-state index < -0.39 is 0 Å². The predicted molar refractivity (Wildman–Crippen MR) is 64.4 cm³/mol. The molecule has 0 N–H and O–H groups in total. The molecule has 1 aromatic rings. The molecule has 0 saturated heterocycles. The first-order valence-electron chi connectivity index (χ1n) is 5.02. The third-order valence-corrected chi connectivity index (χ3v) is 3.42. The summed E-state index contributed by atoms with van der Waals surface area (Å²) in [6.45, 7) is 0. The summed E-state index contributed by atoms with van der Waals surface area (Å²) in [5.74, 6) is -0.233. The molecular formula is C11H11BrClNO2. The normalized spacial score (nSPS) is 16.9. The van der Waals surface area contributed by atoms with Gasteiger partial charge in [-0.25, -0.2) is 0 Å². The van der Waals surface area contributed by atoms with Gasteiger partial charge in [0.05, 0.1) is 17.8 Å². The van der Waals surface area contributed by atoms with Crippen molar-refractivity contribution in [1.29, 1.82) is 0 Å². The lowest BCUT2D eigenvalue weighted by molar-refractivity contribution is -0.143. The van der Waals surface area contributed by atoms with Crippen LogP contribution in [0.1, 0.15) is 24.5 Å². The van der Waals surface area contributed by atoms with E-state index in [1.54, 1.807) is 12.3 Å². The Hall–Kier alpha value is -0.610. The number of aromatic nitrogens is 1. The highest BCUT2D eigenvalue weighted by molar-refractivity contribution is 9.10. The van der Waals surface area contributed by atoms with Crippen molar-refractivity contribution in [3.63, 3.8) is 0 Å². The van der Waals surface area contributed by atoms with Gasteiger partial charge in [-0.05, 0) is 40.8 Å². The second kappa shape index (κ2) is 4.72. The van der Waals surface area contributed by atoms with E-state index in [-0.39, 0.29) is 11.9 Å². The van der Waals surface area contributed by atoms with Gasteiger partial charge in [0.15, 0.2) is 0 Å². The van der Waals surface area contributed by atoms with E-state index in [0.717, 1.165) is 17.3 Å². The summed E-state index contributed by atoms with van der Waals surface area (Å²) in [5.41, 5.74) is 0.624. The molecule has 0 radical (unpaired) electrons. The first-order valence-corrected chi connectivity index (χ1v) is 6.19. The van der Waals surface area contributed by atoms with Crippen molar-refractivity contribution in [1.82, 2.24) is 4.98 Å². The number of carbonyl (C=O) groups excluding carboxylic acids is 1. The first-order chi connectivity index (χ1) is 7.63. The van der Waals surface area contributed by atoms with E-state index in [2.05, 4.69) is 20.9 Å². The Kier molecular flexibility index (Phi) is 3.50. The Balaban J connectivity index is 2.34. The van der Waals surface area contributed by atoms with Gasteiger partial charge in [0.25, 0.3) is 0 Å². The van der Waals surface area contributed by atoms with Gasteiger partial charge in [0.2, 0.25) is 0 Å². The Morgan fingerprint density at radius 3 is 2.88 bits per heavy atom.